The van der Waals surface area contributed by atoms with Crippen LogP contribution in [0.4, 0.5) is 11.4 Å². The Morgan fingerprint density at radius 1 is 1.24 bits per heavy atom. The second-order valence-electron chi connectivity index (χ2n) is 3.76. The SMILES string of the molecule is CN(C)c1ccc(N)c(Oc2cnccn2)c1. The number of nitrogens with two attached hydrogens (primary N) is 1. The first-order valence-corrected chi connectivity index (χ1v) is 5.17. The number of rotatable bonds is 3. The van der Waals surface area contributed by atoms with Crippen LogP contribution in [0.25, 0.3) is 0 Å². The van der Waals surface area contributed by atoms with Crippen LogP contribution in [-0.4, -0.2) is 24.1 Å². The average molecular weight is 230 g/mol. The van der Waals surface area contributed by atoms with E-state index in [-0.39, 0.29) is 0 Å². The van der Waals surface area contributed by atoms with E-state index < -0.39 is 0 Å². The third-order valence-electron chi connectivity index (χ3n) is 2.27. The van der Waals surface area contributed by atoms with Gasteiger partial charge in [0.15, 0.2) is 5.75 Å². The Kier molecular flexibility index (Phi) is 3.09. The Morgan fingerprint density at radius 3 is 2.71 bits per heavy atom. The number of nitrogen functional groups attached to an aromatic ring is 1. The van der Waals surface area contributed by atoms with Gasteiger partial charge in [-0.25, -0.2) is 4.98 Å². The predicted molar refractivity (Wildman–Crippen MR) is 67.3 cm³/mol. The van der Waals surface area contributed by atoms with Gasteiger partial charge in [0.25, 0.3) is 0 Å². The molecule has 1 aromatic heterocycles. The molecule has 2 aromatic rings. The molecule has 0 aliphatic rings. The molecule has 0 fully saturated rings. The Labute approximate surface area is 99.9 Å². The smallest absolute Gasteiger partial charge is 0.237 e. The largest absolute Gasteiger partial charge is 0.435 e. The maximum Gasteiger partial charge on any atom is 0.237 e. The molecule has 1 heterocycles. The molecule has 5 nitrogen and oxygen atoms in total. The van der Waals surface area contributed by atoms with Crippen LogP contribution in [0.1, 0.15) is 0 Å². The minimum Gasteiger partial charge on any atom is -0.435 e. The summed E-state index contributed by atoms with van der Waals surface area (Å²) in [6.07, 6.45) is 4.70. The van der Waals surface area contributed by atoms with Crippen molar-refractivity contribution in [2.45, 2.75) is 0 Å². The van der Waals surface area contributed by atoms with Gasteiger partial charge in [0.05, 0.1) is 11.9 Å². The number of benzene rings is 1. The fourth-order valence-corrected chi connectivity index (χ4v) is 1.34. The molecule has 17 heavy (non-hydrogen) atoms. The van der Waals surface area contributed by atoms with Crippen molar-refractivity contribution in [1.82, 2.24) is 9.97 Å². The highest BCUT2D eigenvalue weighted by Gasteiger charge is 2.05. The quantitative estimate of drug-likeness (QED) is 0.816. The first-order valence-electron chi connectivity index (χ1n) is 5.17. The van der Waals surface area contributed by atoms with Crippen LogP contribution >= 0.6 is 0 Å². The summed E-state index contributed by atoms with van der Waals surface area (Å²) in [5, 5.41) is 0. The molecule has 0 unspecified atom stereocenters. The molecule has 0 bridgehead atoms. The first kappa shape index (κ1) is 11.2. The third-order valence-corrected chi connectivity index (χ3v) is 2.27. The number of hydrogen-bond donors (Lipinski definition) is 1. The molecule has 0 radical (unpaired) electrons. The van der Waals surface area contributed by atoms with Gasteiger partial charge in [-0.1, -0.05) is 0 Å². The Balaban J connectivity index is 2.29. The molecular weight excluding hydrogens is 216 g/mol. The van der Waals surface area contributed by atoms with Gasteiger partial charge in [0.2, 0.25) is 5.88 Å². The fraction of sp³-hybridized carbons (Fsp3) is 0.167. The maximum atomic E-state index is 5.85. The molecule has 5 heteroatoms. The minimum absolute atomic E-state index is 0.426. The number of aromatic nitrogens is 2. The van der Waals surface area contributed by atoms with Crippen molar-refractivity contribution >= 4 is 11.4 Å². The number of nitrogens with zero attached hydrogens (tertiary/aromatic N) is 3. The Bertz CT molecular complexity index is 499. The van der Waals surface area contributed by atoms with Crippen molar-refractivity contribution in [3.8, 4) is 11.6 Å². The lowest BCUT2D eigenvalue weighted by Gasteiger charge is -2.15. The first-order chi connectivity index (χ1) is 8.16. The van der Waals surface area contributed by atoms with Crippen LogP contribution in [-0.2, 0) is 0 Å². The van der Waals surface area contributed by atoms with E-state index in [1.807, 2.05) is 31.1 Å². The molecule has 88 valence electrons. The highest BCUT2D eigenvalue weighted by Crippen LogP contribution is 2.29. The summed E-state index contributed by atoms with van der Waals surface area (Å²) in [4.78, 5) is 9.94. The number of ether oxygens (including phenoxy) is 1. The van der Waals surface area contributed by atoms with E-state index >= 15 is 0 Å². The molecule has 0 aliphatic heterocycles. The highest BCUT2D eigenvalue weighted by atomic mass is 16.5. The zero-order chi connectivity index (χ0) is 12.3. The normalized spacial score (nSPS) is 10.0. The Hall–Kier alpha value is -2.30. The van der Waals surface area contributed by atoms with Crippen LogP contribution in [0.2, 0.25) is 0 Å². The minimum atomic E-state index is 0.426. The molecule has 0 saturated carbocycles. The predicted octanol–water partition coefficient (Wildman–Crippen LogP) is 1.92. The summed E-state index contributed by atoms with van der Waals surface area (Å²) >= 11 is 0. The lowest BCUT2D eigenvalue weighted by molar-refractivity contribution is 0.462. The molecule has 0 aliphatic carbocycles. The molecule has 0 spiro atoms. The summed E-state index contributed by atoms with van der Waals surface area (Å²) in [6.45, 7) is 0. The van der Waals surface area contributed by atoms with E-state index in [0.29, 0.717) is 17.3 Å². The maximum absolute atomic E-state index is 5.85. The van der Waals surface area contributed by atoms with Crippen LogP contribution in [0, 0.1) is 0 Å². The number of anilines is 2. The fourth-order valence-electron chi connectivity index (χ4n) is 1.34. The van der Waals surface area contributed by atoms with E-state index in [0.717, 1.165) is 5.69 Å². The summed E-state index contributed by atoms with van der Waals surface area (Å²) < 4.78 is 5.57. The summed E-state index contributed by atoms with van der Waals surface area (Å²) in [5.41, 5.74) is 7.43. The van der Waals surface area contributed by atoms with Gasteiger partial charge in [-0.05, 0) is 12.1 Å². The van der Waals surface area contributed by atoms with E-state index in [4.69, 9.17) is 10.5 Å². The van der Waals surface area contributed by atoms with Crippen LogP contribution in [0.15, 0.2) is 36.8 Å². The van der Waals surface area contributed by atoms with Crippen molar-refractivity contribution in [3.63, 3.8) is 0 Å². The summed E-state index contributed by atoms with van der Waals surface area (Å²) in [6, 6.07) is 5.60. The topological polar surface area (TPSA) is 64.3 Å². The zero-order valence-electron chi connectivity index (χ0n) is 9.79. The van der Waals surface area contributed by atoms with Gasteiger partial charge in [0.1, 0.15) is 0 Å². The monoisotopic (exact) mass is 230 g/mol. The van der Waals surface area contributed by atoms with Gasteiger partial charge < -0.3 is 15.4 Å². The summed E-state index contributed by atoms with van der Waals surface area (Å²) in [7, 11) is 3.91. The van der Waals surface area contributed by atoms with Crippen molar-refractivity contribution in [3.05, 3.63) is 36.8 Å². The van der Waals surface area contributed by atoms with Gasteiger partial charge in [-0.3, -0.25) is 4.98 Å². The molecular formula is C12H14N4O. The molecule has 2 rings (SSSR count). The van der Waals surface area contributed by atoms with E-state index in [1.165, 1.54) is 0 Å². The van der Waals surface area contributed by atoms with E-state index in [2.05, 4.69) is 9.97 Å². The Morgan fingerprint density at radius 2 is 2.06 bits per heavy atom. The second kappa shape index (κ2) is 4.69. The highest BCUT2D eigenvalue weighted by molar-refractivity contribution is 5.62. The van der Waals surface area contributed by atoms with Crippen molar-refractivity contribution in [1.29, 1.82) is 0 Å². The van der Waals surface area contributed by atoms with Crippen LogP contribution < -0.4 is 15.4 Å². The lowest BCUT2D eigenvalue weighted by atomic mass is 10.2. The third kappa shape index (κ3) is 2.63. The van der Waals surface area contributed by atoms with Crippen LogP contribution in [0.3, 0.4) is 0 Å². The number of hydrogen-bond acceptors (Lipinski definition) is 5. The molecule has 2 N–H and O–H groups in total. The lowest BCUT2D eigenvalue weighted by Crippen LogP contribution is -2.08. The molecule has 0 atom stereocenters. The van der Waals surface area contributed by atoms with Crippen molar-refractivity contribution < 1.29 is 4.74 Å². The van der Waals surface area contributed by atoms with Crippen LogP contribution in [0.5, 0.6) is 11.6 Å². The second-order valence-corrected chi connectivity index (χ2v) is 3.76. The van der Waals surface area contributed by atoms with Gasteiger partial charge in [-0.15, -0.1) is 0 Å². The summed E-state index contributed by atoms with van der Waals surface area (Å²) in [5.74, 6) is 1.01. The van der Waals surface area contributed by atoms with Gasteiger partial charge >= 0.3 is 0 Å². The van der Waals surface area contributed by atoms with Gasteiger partial charge in [-0.2, -0.15) is 0 Å². The molecule has 1 aromatic carbocycles. The van der Waals surface area contributed by atoms with E-state index in [9.17, 15) is 0 Å². The van der Waals surface area contributed by atoms with Gasteiger partial charge in [0, 0.05) is 38.2 Å². The zero-order valence-corrected chi connectivity index (χ0v) is 9.79. The van der Waals surface area contributed by atoms with Crippen molar-refractivity contribution in [2.24, 2.45) is 0 Å². The molecule has 0 amide bonds. The van der Waals surface area contributed by atoms with Crippen molar-refractivity contribution in [2.75, 3.05) is 24.7 Å². The standard InChI is InChI=1S/C12H14N4O/c1-16(2)9-3-4-10(13)11(7-9)17-12-8-14-5-6-15-12/h3-8H,13H2,1-2H3. The average Bonchev–Trinajstić information content (AvgIpc) is 2.33. The molecule has 0 saturated heterocycles. The van der Waals surface area contributed by atoms with E-state index in [1.54, 1.807) is 24.7 Å².